The first kappa shape index (κ1) is 20.8. The minimum absolute atomic E-state index is 0.0548. The van der Waals surface area contributed by atoms with Gasteiger partial charge >= 0.3 is 0 Å². The Morgan fingerprint density at radius 1 is 1.29 bits per heavy atom. The van der Waals surface area contributed by atoms with Gasteiger partial charge in [0.15, 0.2) is 0 Å². The average Bonchev–Trinajstić information content (AvgIpc) is 3.27. The Hall–Kier alpha value is -1.90. The Labute approximate surface area is 170 Å². The van der Waals surface area contributed by atoms with Crippen LogP contribution in [0.15, 0.2) is 46.0 Å². The number of carbonyl (C=O) groups excluding carboxylic acids is 1. The Balaban J connectivity index is 1.46. The Bertz CT molecular complexity index is 864. The first-order chi connectivity index (χ1) is 13.5. The first-order valence-corrected chi connectivity index (χ1v) is 11.8. The maximum Gasteiger partial charge on any atom is 0.252 e. The number of carbonyl (C=O) groups is 1. The Morgan fingerprint density at radius 3 is 2.75 bits per heavy atom. The van der Waals surface area contributed by atoms with Gasteiger partial charge in [0.25, 0.3) is 10.0 Å². The summed E-state index contributed by atoms with van der Waals surface area (Å²) in [6.45, 7) is 1.31. The molecule has 3 rings (SSSR count). The van der Waals surface area contributed by atoms with E-state index in [0.717, 1.165) is 25.0 Å². The van der Waals surface area contributed by atoms with E-state index in [1.54, 1.807) is 24.6 Å². The molecule has 6 nitrogen and oxygen atoms in total. The monoisotopic (exact) mass is 422 g/mol. The normalized spacial score (nSPS) is 18.0. The summed E-state index contributed by atoms with van der Waals surface area (Å²) in [5.74, 6) is 0.488. The highest BCUT2D eigenvalue weighted by atomic mass is 32.2. The maximum atomic E-state index is 12.7. The quantitative estimate of drug-likeness (QED) is 0.664. The molecule has 0 aliphatic carbocycles. The van der Waals surface area contributed by atoms with Gasteiger partial charge in [-0.1, -0.05) is 18.2 Å². The first-order valence-electron chi connectivity index (χ1n) is 9.45. The molecule has 8 heteroatoms. The number of hydrogen-bond acceptors (Lipinski definition) is 5. The molecule has 152 valence electrons. The molecule has 1 atom stereocenters. The van der Waals surface area contributed by atoms with E-state index in [2.05, 4.69) is 5.32 Å². The van der Waals surface area contributed by atoms with Crippen LogP contribution in [0, 0.1) is 5.92 Å². The van der Waals surface area contributed by atoms with E-state index in [-0.39, 0.29) is 18.4 Å². The molecule has 0 saturated carbocycles. The molecule has 0 spiro atoms. The van der Waals surface area contributed by atoms with Crippen LogP contribution in [-0.4, -0.2) is 45.4 Å². The van der Waals surface area contributed by atoms with Gasteiger partial charge in [-0.05, 0) is 54.8 Å². The standard InChI is InChI=1S/C20H26N2O4S2/c1-26-18-10-8-16(9-11-18)5-2-12-21-20(23)17-6-3-13-22(15-17)28(24,25)19-7-4-14-27-19/h4,7-11,14,17H,2-3,5-6,12-13,15H2,1H3,(H,21,23). The van der Waals surface area contributed by atoms with E-state index in [9.17, 15) is 13.2 Å². The van der Waals surface area contributed by atoms with Crippen molar-refractivity contribution in [3.05, 3.63) is 47.3 Å². The van der Waals surface area contributed by atoms with E-state index >= 15 is 0 Å². The van der Waals surface area contributed by atoms with E-state index < -0.39 is 10.0 Å². The number of nitrogens with one attached hydrogen (secondary N) is 1. The topological polar surface area (TPSA) is 75.7 Å². The largest absolute Gasteiger partial charge is 0.497 e. The highest BCUT2D eigenvalue weighted by Crippen LogP contribution is 2.26. The molecule has 1 fully saturated rings. The number of piperidine rings is 1. The van der Waals surface area contributed by atoms with E-state index in [0.29, 0.717) is 23.7 Å². The number of hydrogen-bond donors (Lipinski definition) is 1. The molecular weight excluding hydrogens is 396 g/mol. The van der Waals surface area contributed by atoms with Gasteiger partial charge in [-0.15, -0.1) is 11.3 Å². The molecule has 1 aliphatic rings. The summed E-state index contributed by atoms with van der Waals surface area (Å²) in [4.78, 5) is 12.5. The van der Waals surface area contributed by atoms with Crippen molar-refractivity contribution < 1.29 is 17.9 Å². The summed E-state index contributed by atoms with van der Waals surface area (Å²) in [7, 11) is -1.85. The fourth-order valence-corrected chi connectivity index (χ4v) is 6.02. The van der Waals surface area contributed by atoms with Crippen LogP contribution in [0.4, 0.5) is 0 Å². The van der Waals surface area contributed by atoms with Crippen LogP contribution >= 0.6 is 11.3 Å². The van der Waals surface area contributed by atoms with Gasteiger partial charge in [0.2, 0.25) is 5.91 Å². The SMILES string of the molecule is COc1ccc(CCCNC(=O)C2CCCN(S(=O)(=O)c3cccs3)C2)cc1. The van der Waals surface area contributed by atoms with Crippen molar-refractivity contribution in [3.63, 3.8) is 0 Å². The van der Waals surface area contributed by atoms with Crippen LogP contribution in [0.3, 0.4) is 0 Å². The van der Waals surface area contributed by atoms with Gasteiger partial charge in [0.1, 0.15) is 9.96 Å². The summed E-state index contributed by atoms with van der Waals surface area (Å²) in [5, 5.41) is 4.72. The number of ether oxygens (including phenoxy) is 1. The van der Waals surface area contributed by atoms with Crippen molar-refractivity contribution >= 4 is 27.3 Å². The van der Waals surface area contributed by atoms with Crippen molar-refractivity contribution in [1.82, 2.24) is 9.62 Å². The van der Waals surface area contributed by atoms with Gasteiger partial charge in [-0.25, -0.2) is 8.42 Å². The summed E-state index contributed by atoms with van der Waals surface area (Å²) >= 11 is 1.21. The molecule has 1 aromatic carbocycles. The molecule has 1 saturated heterocycles. The molecule has 1 aromatic heterocycles. The minimum atomic E-state index is -3.49. The molecular formula is C20H26N2O4S2. The number of sulfonamides is 1. The molecule has 0 bridgehead atoms. The maximum absolute atomic E-state index is 12.7. The van der Waals surface area contributed by atoms with Crippen LogP contribution in [0.25, 0.3) is 0 Å². The zero-order chi connectivity index (χ0) is 20.0. The molecule has 1 unspecified atom stereocenters. The van der Waals surface area contributed by atoms with Crippen molar-refractivity contribution in [2.45, 2.75) is 29.9 Å². The third-order valence-electron chi connectivity index (χ3n) is 4.94. The highest BCUT2D eigenvalue weighted by Gasteiger charge is 2.33. The van der Waals surface area contributed by atoms with E-state index in [4.69, 9.17) is 4.74 Å². The number of thiophene rings is 1. The number of methoxy groups -OCH3 is 1. The zero-order valence-corrected chi connectivity index (χ0v) is 17.6. The van der Waals surface area contributed by atoms with Crippen LogP contribution in [-0.2, 0) is 21.2 Å². The fourth-order valence-electron chi connectivity index (χ4n) is 3.35. The molecule has 0 radical (unpaired) electrons. The van der Waals surface area contributed by atoms with Crippen LogP contribution in [0.1, 0.15) is 24.8 Å². The van der Waals surface area contributed by atoms with Crippen molar-refractivity contribution in [2.75, 3.05) is 26.7 Å². The number of nitrogens with zero attached hydrogens (tertiary/aromatic N) is 1. The smallest absolute Gasteiger partial charge is 0.252 e. The number of aryl methyl sites for hydroxylation is 1. The predicted molar refractivity (Wildman–Crippen MR) is 110 cm³/mol. The number of rotatable bonds is 8. The van der Waals surface area contributed by atoms with Gasteiger partial charge in [-0.2, -0.15) is 4.31 Å². The summed E-state index contributed by atoms with van der Waals surface area (Å²) in [6, 6.07) is 11.2. The lowest BCUT2D eigenvalue weighted by atomic mass is 9.99. The molecule has 1 amide bonds. The summed E-state index contributed by atoms with van der Waals surface area (Å²) in [5.41, 5.74) is 1.20. The number of benzene rings is 1. The molecule has 2 heterocycles. The highest BCUT2D eigenvalue weighted by molar-refractivity contribution is 7.91. The molecule has 1 N–H and O–H groups in total. The fraction of sp³-hybridized carbons (Fsp3) is 0.450. The van der Waals surface area contributed by atoms with Gasteiger partial charge in [0.05, 0.1) is 13.0 Å². The average molecular weight is 423 g/mol. The second-order valence-corrected chi connectivity index (χ2v) is 9.99. The van der Waals surface area contributed by atoms with Gasteiger partial charge in [0, 0.05) is 19.6 Å². The zero-order valence-electron chi connectivity index (χ0n) is 16.0. The number of amides is 1. The predicted octanol–water partition coefficient (Wildman–Crippen LogP) is 2.91. The van der Waals surface area contributed by atoms with Gasteiger partial charge in [-0.3, -0.25) is 4.79 Å². The lowest BCUT2D eigenvalue weighted by molar-refractivity contribution is -0.126. The third kappa shape index (κ3) is 5.12. The Kier molecular flexibility index (Phi) is 7.09. The van der Waals surface area contributed by atoms with E-state index in [1.807, 2.05) is 24.3 Å². The van der Waals surface area contributed by atoms with Crippen LogP contribution in [0.5, 0.6) is 5.75 Å². The lowest BCUT2D eigenvalue weighted by Gasteiger charge is -2.30. The second-order valence-electron chi connectivity index (χ2n) is 6.88. The van der Waals surface area contributed by atoms with E-state index in [1.165, 1.54) is 21.2 Å². The summed E-state index contributed by atoms with van der Waals surface area (Å²) < 4.78 is 32.3. The molecule has 1 aliphatic heterocycles. The second kappa shape index (κ2) is 9.54. The van der Waals surface area contributed by atoms with Crippen LogP contribution in [0.2, 0.25) is 0 Å². The van der Waals surface area contributed by atoms with Crippen molar-refractivity contribution in [2.24, 2.45) is 5.92 Å². The lowest BCUT2D eigenvalue weighted by Crippen LogP contribution is -2.45. The van der Waals surface area contributed by atoms with Gasteiger partial charge < -0.3 is 10.1 Å². The minimum Gasteiger partial charge on any atom is -0.497 e. The Morgan fingerprint density at radius 2 is 2.07 bits per heavy atom. The van der Waals surface area contributed by atoms with Crippen LogP contribution < -0.4 is 10.1 Å². The molecule has 28 heavy (non-hydrogen) atoms. The van der Waals surface area contributed by atoms with Crippen molar-refractivity contribution in [3.8, 4) is 5.75 Å². The summed E-state index contributed by atoms with van der Waals surface area (Å²) in [6.07, 6.45) is 3.13. The third-order valence-corrected chi connectivity index (χ3v) is 8.18. The molecule has 2 aromatic rings. The van der Waals surface area contributed by atoms with Crippen molar-refractivity contribution in [1.29, 1.82) is 0 Å².